The molecule has 25 nitrogen and oxygen atoms in total. The summed E-state index contributed by atoms with van der Waals surface area (Å²) in [5.41, 5.74) is -4.23. The molecule has 6 aliphatic rings. The molecule has 3 saturated carbocycles. The highest BCUT2D eigenvalue weighted by atomic mass is 19.4. The maximum Gasteiger partial charge on any atom is 0.422 e. The van der Waals surface area contributed by atoms with Gasteiger partial charge < -0.3 is 64.8 Å². The fourth-order valence-electron chi connectivity index (χ4n) is 15.5. The monoisotopic (exact) mass is 1490 g/mol. The Labute approximate surface area is 610 Å². The summed E-state index contributed by atoms with van der Waals surface area (Å²) < 4.78 is 107. The zero-order valence-electron chi connectivity index (χ0n) is 62.6. The fraction of sp³-hybridized carbons (Fsp3) is 0.726. The molecule has 5 fully saturated rings. The summed E-state index contributed by atoms with van der Waals surface area (Å²) in [6.45, 7) is 6.71. The number of hydrogen-bond acceptors (Lipinski definition) is 13. The zero-order valence-corrected chi connectivity index (χ0v) is 62.6. The Morgan fingerprint density at radius 3 is 1.90 bits per heavy atom. The lowest BCUT2D eigenvalue weighted by atomic mass is 9.74. The van der Waals surface area contributed by atoms with E-state index >= 15 is 37.5 Å². The van der Waals surface area contributed by atoms with Crippen LogP contribution in [-0.2, 0) is 74.9 Å². The van der Waals surface area contributed by atoms with Crippen molar-refractivity contribution in [2.24, 2.45) is 17.8 Å². The molecule has 3 aliphatic heterocycles. The summed E-state index contributed by atoms with van der Waals surface area (Å²) >= 11 is 0. The average Bonchev–Trinajstić information content (AvgIpc) is 1.71. The third-order valence-corrected chi connectivity index (χ3v) is 22.5. The summed E-state index contributed by atoms with van der Waals surface area (Å²) in [4.78, 5) is 190. The highest BCUT2D eigenvalue weighted by molar-refractivity contribution is 6.01. The van der Waals surface area contributed by atoms with Crippen LogP contribution in [0.5, 0.6) is 0 Å². The number of nitrogens with one attached hydrogen (secondary N) is 3. The minimum Gasteiger partial charge on any atom is -0.377 e. The lowest BCUT2D eigenvalue weighted by Gasteiger charge is -2.46. The van der Waals surface area contributed by atoms with E-state index in [4.69, 9.17) is 4.74 Å². The molecule has 2 saturated heterocycles. The smallest absolute Gasteiger partial charge is 0.377 e. The summed E-state index contributed by atoms with van der Waals surface area (Å²) in [6, 6.07) is -10.5. The summed E-state index contributed by atoms with van der Waals surface area (Å²) in [5, 5.41) is 8.30. The van der Waals surface area contributed by atoms with Gasteiger partial charge >= 0.3 is 6.18 Å². The Balaban J connectivity index is 1.33. The van der Waals surface area contributed by atoms with E-state index in [0.29, 0.717) is 50.7 Å². The van der Waals surface area contributed by atoms with Gasteiger partial charge in [-0.15, -0.1) is 0 Å². The van der Waals surface area contributed by atoms with Crippen molar-refractivity contribution in [2.45, 2.75) is 235 Å². The number of hydrogen-bond donors (Lipinski definition) is 3. The Kier molecular flexibility index (Phi) is 29.0. The van der Waals surface area contributed by atoms with Crippen LogP contribution in [0.2, 0.25) is 0 Å². The van der Waals surface area contributed by atoms with E-state index in [1.807, 2.05) is 0 Å². The number of ether oxygens (including phenoxy) is 1. The molecule has 0 unspecified atom stereocenters. The van der Waals surface area contributed by atoms with Crippen molar-refractivity contribution >= 4 is 70.9 Å². The lowest BCUT2D eigenvalue weighted by Crippen LogP contribution is -2.68. The van der Waals surface area contributed by atoms with E-state index in [2.05, 4.69) is 16.0 Å². The summed E-state index contributed by atoms with van der Waals surface area (Å²) in [7, 11) is 9.47. The maximum absolute atomic E-state index is 15.5. The third kappa shape index (κ3) is 20.0. The average molecular weight is 1490 g/mol. The Hall–Kier alpha value is -7.93. The van der Waals surface area contributed by atoms with Gasteiger partial charge in [0.25, 0.3) is 0 Å². The summed E-state index contributed by atoms with van der Waals surface area (Å²) in [5.74, 6) is -18.1. The molecule has 32 heteroatoms. The first kappa shape index (κ1) is 84.3. The van der Waals surface area contributed by atoms with Gasteiger partial charge in [-0.1, -0.05) is 52.2 Å². The minimum absolute atomic E-state index is 0.00520. The third-order valence-electron chi connectivity index (χ3n) is 22.5. The van der Waals surface area contributed by atoms with Crippen molar-refractivity contribution < 1.29 is 93.0 Å². The zero-order chi connectivity index (χ0) is 77.9. The normalized spacial score (nSPS) is 27.9. The van der Waals surface area contributed by atoms with Crippen molar-refractivity contribution in [3.63, 3.8) is 0 Å². The van der Waals surface area contributed by atoms with Crippen LogP contribution in [-0.4, -0.2) is 270 Å². The number of carbonyl (C=O) groups excluding carboxylic acids is 12. The largest absolute Gasteiger partial charge is 0.422 e. The molecular weight excluding hydrogens is 1390 g/mol. The van der Waals surface area contributed by atoms with Gasteiger partial charge in [-0.2, -0.15) is 13.2 Å². The van der Waals surface area contributed by atoms with Gasteiger partial charge in [0.2, 0.25) is 76.8 Å². The molecule has 0 aromatic heterocycles. The van der Waals surface area contributed by atoms with Crippen molar-refractivity contribution in [3.8, 4) is 0 Å². The number of halogens is 7. The number of benzene rings is 1. The molecule has 1 aromatic carbocycles. The first-order chi connectivity index (χ1) is 49.3. The number of amides is 12. The van der Waals surface area contributed by atoms with Crippen LogP contribution in [0.3, 0.4) is 0 Å². The van der Waals surface area contributed by atoms with Crippen molar-refractivity contribution in [3.05, 3.63) is 47.0 Å². The Bertz CT molecular complexity index is 3360. The van der Waals surface area contributed by atoms with Gasteiger partial charge in [0, 0.05) is 94.8 Å². The van der Waals surface area contributed by atoms with Crippen LogP contribution < -0.4 is 16.0 Å². The molecule has 12 amide bonds. The van der Waals surface area contributed by atoms with E-state index in [9.17, 15) is 50.7 Å². The maximum atomic E-state index is 15.5. The standard InChI is InChI=1S/C73H107F7N12O13/c1-13-43(5)60-68(102)86(8)42-58(95)88(10)52-25-18-17-21-34-91(67(52)101)55(37-44-28-32-72(76,77)33-29-44)66(100)85(7)41-56(93)81-50(27-26-45-35-48(74)59(49(75)36-45)73(78,79)80)64(98)92-40-47(105-16-4)38-53(92)63(97)83-71(30-22-31-71)70(104)90(12)61(46-23-19-20-24-46)69(103)89(11)54(65(99)84(6)15-3)39-57(94)87(9)51(14-2)62(96)82-60/h17-18,35-36,43-44,46-47,50-55,60-61H,13-16,19-34,37-42H2,1-12H3,(H,81,93)(H,82,96)(H,83,97)/b18-17-/t43-,47+,50-,51-,52-,53-,54-,55-,60-,61-/m0/s1. The second-order valence-corrected chi connectivity index (χ2v) is 29.6. The van der Waals surface area contributed by atoms with Crippen LogP contribution in [0.4, 0.5) is 30.7 Å². The van der Waals surface area contributed by atoms with Gasteiger partial charge in [-0.05, 0) is 133 Å². The Morgan fingerprint density at radius 1 is 0.695 bits per heavy atom. The molecule has 3 N–H and O–H groups in total. The number of likely N-dealkylation sites (N-methyl/N-ethyl adjacent to an activating group) is 7. The quantitative estimate of drug-likeness (QED) is 0.164. The highest BCUT2D eigenvalue weighted by Crippen LogP contribution is 2.41. The van der Waals surface area contributed by atoms with Crippen LogP contribution in [0.15, 0.2) is 24.3 Å². The molecule has 105 heavy (non-hydrogen) atoms. The molecule has 7 rings (SSSR count). The number of rotatable bonds is 13. The minimum atomic E-state index is -5.44. The molecule has 10 atom stereocenters. The van der Waals surface area contributed by atoms with Crippen LogP contribution in [0, 0.1) is 29.4 Å². The van der Waals surface area contributed by atoms with Gasteiger partial charge in [0.15, 0.2) is 0 Å². The second kappa shape index (κ2) is 36.1. The van der Waals surface area contributed by atoms with Crippen molar-refractivity contribution in [1.29, 1.82) is 0 Å². The number of aryl methyl sites for hydroxylation is 1. The molecule has 2 bridgehead atoms. The van der Waals surface area contributed by atoms with Crippen molar-refractivity contribution in [1.82, 2.24) is 60.0 Å². The summed E-state index contributed by atoms with van der Waals surface area (Å²) in [6.07, 6.45) is -2.97. The fourth-order valence-corrected chi connectivity index (χ4v) is 15.5. The lowest BCUT2D eigenvalue weighted by molar-refractivity contribution is -0.158. The SMILES string of the molecule is CCO[C@@H]1C[C@H]2C(=O)NC3(CCC3)C(=O)N(C)[C@@H](C3CCCC3)C(=O)N(C)[C@H](C(=O)N(C)CC)CC(=O)N(C)[C@@H](CC)C(=O)N[C@@H]([C@@H](C)CC)C(=O)N(C)CC(=O)N(C)[C@H]3C/C=C\CCN(C3=O)[C@@H](CC3CCC(F)(F)CC3)C(=O)N(C)CC(=O)N[C@@H](CCc3cc(F)c(C(F)(F)F)c(F)c3)C(=O)N2C1. The second-order valence-electron chi connectivity index (χ2n) is 29.6. The topological polar surface area (TPSA) is 279 Å². The molecule has 586 valence electrons. The molecule has 3 aliphatic carbocycles. The van der Waals surface area contributed by atoms with E-state index < -0.39 is 223 Å². The van der Waals surface area contributed by atoms with Crippen molar-refractivity contribution in [2.75, 3.05) is 88.7 Å². The van der Waals surface area contributed by atoms with Gasteiger partial charge in [0.05, 0.1) is 25.6 Å². The van der Waals surface area contributed by atoms with E-state index in [0.717, 1.165) is 29.4 Å². The number of carbonyl (C=O) groups is 12. The predicted octanol–water partition coefficient (Wildman–Crippen LogP) is 5.45. The Morgan fingerprint density at radius 2 is 1.32 bits per heavy atom. The molecule has 3 heterocycles. The first-order valence-electron chi connectivity index (χ1n) is 36.9. The van der Waals surface area contributed by atoms with Gasteiger partial charge in [-0.25, -0.2) is 17.6 Å². The van der Waals surface area contributed by atoms with Crippen LogP contribution in [0.1, 0.15) is 168 Å². The van der Waals surface area contributed by atoms with Gasteiger partial charge in [-0.3, -0.25) is 57.5 Å². The van der Waals surface area contributed by atoms with Gasteiger partial charge in [0.1, 0.15) is 71.1 Å². The van der Waals surface area contributed by atoms with E-state index in [-0.39, 0.29) is 89.6 Å². The van der Waals surface area contributed by atoms with E-state index in [1.54, 1.807) is 46.8 Å². The predicted molar refractivity (Wildman–Crippen MR) is 370 cm³/mol. The van der Waals surface area contributed by atoms with Crippen LogP contribution >= 0.6 is 0 Å². The number of fused-ring (bicyclic) bond motifs is 3. The van der Waals surface area contributed by atoms with Crippen LogP contribution in [0.25, 0.3) is 0 Å². The molecular formula is C73H107F7N12O13. The highest BCUT2D eigenvalue weighted by Gasteiger charge is 2.54. The molecule has 0 radical (unpaired) electrons. The number of alkyl halides is 5. The molecule has 1 aromatic rings. The van der Waals surface area contributed by atoms with E-state index in [1.165, 1.54) is 64.0 Å². The molecule has 1 spiro atoms. The number of nitrogens with zero attached hydrogens (tertiary/aromatic N) is 9. The first-order valence-corrected chi connectivity index (χ1v) is 36.9.